The smallest absolute Gasteiger partial charge is 0.407 e. The lowest BCUT2D eigenvalue weighted by atomic mass is 10.0. The first-order valence-electron chi connectivity index (χ1n) is 10.8. The molecule has 3 rings (SSSR count). The van der Waals surface area contributed by atoms with E-state index in [4.69, 9.17) is 4.74 Å². The Morgan fingerprint density at radius 1 is 1.27 bits per heavy atom. The highest BCUT2D eigenvalue weighted by Gasteiger charge is 2.38. The van der Waals surface area contributed by atoms with Crippen molar-refractivity contribution in [3.8, 4) is 6.07 Å². The zero-order chi connectivity index (χ0) is 24.2. The van der Waals surface area contributed by atoms with Crippen molar-refractivity contribution in [1.82, 2.24) is 15.3 Å². The maximum Gasteiger partial charge on any atom is 0.407 e. The van der Waals surface area contributed by atoms with Crippen LogP contribution in [0.3, 0.4) is 0 Å². The molecule has 2 aromatic heterocycles. The summed E-state index contributed by atoms with van der Waals surface area (Å²) in [6, 6.07) is 3.53. The van der Waals surface area contributed by atoms with Gasteiger partial charge >= 0.3 is 6.09 Å². The predicted molar refractivity (Wildman–Crippen MR) is 120 cm³/mol. The second kappa shape index (κ2) is 9.98. The average molecular weight is 459 g/mol. The second-order valence-corrected chi connectivity index (χ2v) is 9.01. The molecule has 3 N–H and O–H groups in total. The third-order valence-corrected chi connectivity index (χ3v) is 5.07. The molecule has 2 atom stereocenters. The molecule has 1 aliphatic rings. The van der Waals surface area contributed by atoms with Crippen molar-refractivity contribution >= 4 is 23.4 Å². The third kappa shape index (κ3) is 6.75. The lowest BCUT2D eigenvalue weighted by Crippen LogP contribution is -2.49. The lowest BCUT2D eigenvalue weighted by molar-refractivity contribution is 0.0495. The number of hydrogen-bond donors (Lipinski definition) is 3. The molecule has 1 fully saturated rings. The first-order chi connectivity index (χ1) is 15.6. The number of rotatable bonds is 8. The molecule has 0 saturated heterocycles. The van der Waals surface area contributed by atoms with E-state index in [0.29, 0.717) is 6.42 Å². The van der Waals surface area contributed by atoms with Crippen molar-refractivity contribution < 1.29 is 18.3 Å². The van der Waals surface area contributed by atoms with Crippen LogP contribution in [0, 0.1) is 28.9 Å². The van der Waals surface area contributed by atoms with E-state index in [1.165, 1.54) is 12.3 Å². The zero-order valence-electron chi connectivity index (χ0n) is 19.1. The van der Waals surface area contributed by atoms with Crippen LogP contribution in [0.5, 0.6) is 0 Å². The Morgan fingerprint density at radius 2 is 2.00 bits per heavy atom. The number of amides is 1. The molecule has 176 valence electrons. The van der Waals surface area contributed by atoms with Crippen LogP contribution in [0.1, 0.15) is 52.5 Å². The van der Waals surface area contributed by atoms with Crippen molar-refractivity contribution in [2.75, 3.05) is 10.6 Å². The Morgan fingerprint density at radius 3 is 2.58 bits per heavy atom. The van der Waals surface area contributed by atoms with Gasteiger partial charge in [-0.15, -0.1) is 0 Å². The van der Waals surface area contributed by atoms with Crippen molar-refractivity contribution in [1.29, 1.82) is 5.26 Å². The molecule has 0 aliphatic heterocycles. The van der Waals surface area contributed by atoms with E-state index >= 15 is 0 Å². The molecule has 8 nitrogen and oxygen atoms in total. The van der Waals surface area contributed by atoms with Gasteiger partial charge in [-0.05, 0) is 52.0 Å². The first kappa shape index (κ1) is 24.2. The van der Waals surface area contributed by atoms with Crippen LogP contribution in [0.25, 0.3) is 0 Å². The molecular formula is C23H28F2N6O2. The SMILES string of the molecule is CC[C@H](NC(=O)OC(C)(C)C)[C@H](Nc1nc(Nc2cncc(F)c2)c(C#N)cc1F)C1CC1. The second-order valence-electron chi connectivity index (χ2n) is 9.01. The van der Waals surface area contributed by atoms with Crippen LogP contribution < -0.4 is 16.0 Å². The lowest BCUT2D eigenvalue weighted by Gasteiger charge is -2.30. The normalized spacial score (nSPS) is 15.2. The van der Waals surface area contributed by atoms with E-state index in [1.807, 2.05) is 13.0 Å². The van der Waals surface area contributed by atoms with Crippen molar-refractivity contribution in [3.05, 3.63) is 41.7 Å². The minimum Gasteiger partial charge on any atom is -0.444 e. The summed E-state index contributed by atoms with van der Waals surface area (Å²) in [6.45, 7) is 7.26. The van der Waals surface area contributed by atoms with Gasteiger partial charge in [0.1, 0.15) is 17.5 Å². The van der Waals surface area contributed by atoms with Gasteiger partial charge in [-0.2, -0.15) is 5.26 Å². The van der Waals surface area contributed by atoms with Gasteiger partial charge in [0.2, 0.25) is 0 Å². The minimum absolute atomic E-state index is 0.0378. The molecule has 0 bridgehead atoms. The number of carbonyl (C=O) groups is 1. The van der Waals surface area contributed by atoms with Gasteiger partial charge in [-0.3, -0.25) is 4.98 Å². The van der Waals surface area contributed by atoms with E-state index in [0.717, 1.165) is 25.1 Å². The molecule has 2 aromatic rings. The molecule has 2 heterocycles. The predicted octanol–water partition coefficient (Wildman–Crippen LogP) is 4.86. The highest BCUT2D eigenvalue weighted by atomic mass is 19.1. The zero-order valence-corrected chi connectivity index (χ0v) is 19.1. The number of ether oxygens (including phenoxy) is 1. The van der Waals surface area contributed by atoms with Crippen LogP contribution in [0.4, 0.5) is 30.9 Å². The number of pyridine rings is 2. The van der Waals surface area contributed by atoms with Gasteiger partial charge in [0.05, 0.1) is 35.7 Å². The molecular weight excluding hydrogens is 430 g/mol. The maximum atomic E-state index is 14.8. The van der Waals surface area contributed by atoms with Gasteiger partial charge in [0.15, 0.2) is 17.5 Å². The summed E-state index contributed by atoms with van der Waals surface area (Å²) in [5.74, 6) is -1.04. The van der Waals surface area contributed by atoms with Gasteiger partial charge < -0.3 is 20.7 Å². The summed E-state index contributed by atoms with van der Waals surface area (Å²) in [6.07, 6.45) is 4.32. The van der Waals surface area contributed by atoms with Gasteiger partial charge in [0, 0.05) is 6.07 Å². The Hall–Kier alpha value is -3.48. The Bertz CT molecular complexity index is 1050. The van der Waals surface area contributed by atoms with Crippen molar-refractivity contribution in [2.45, 2.75) is 64.6 Å². The van der Waals surface area contributed by atoms with Gasteiger partial charge in [0.25, 0.3) is 0 Å². The van der Waals surface area contributed by atoms with Crippen molar-refractivity contribution in [2.24, 2.45) is 5.92 Å². The number of nitrogens with zero attached hydrogens (tertiary/aromatic N) is 3. The van der Waals surface area contributed by atoms with Gasteiger partial charge in [-0.25, -0.2) is 18.6 Å². The molecule has 0 unspecified atom stereocenters. The molecule has 33 heavy (non-hydrogen) atoms. The number of alkyl carbamates (subject to hydrolysis) is 1. The maximum absolute atomic E-state index is 14.8. The number of anilines is 3. The Labute approximate surface area is 191 Å². The van der Waals surface area contributed by atoms with Crippen molar-refractivity contribution in [3.63, 3.8) is 0 Å². The number of nitrogens with one attached hydrogen (secondary N) is 3. The number of aromatic nitrogens is 2. The average Bonchev–Trinajstić information content (AvgIpc) is 3.56. The molecule has 0 spiro atoms. The molecule has 1 aliphatic carbocycles. The molecule has 10 heteroatoms. The van der Waals surface area contributed by atoms with Gasteiger partial charge in [-0.1, -0.05) is 6.92 Å². The molecule has 0 aromatic carbocycles. The Kier molecular flexibility index (Phi) is 7.31. The van der Waals surface area contributed by atoms with E-state index in [1.54, 1.807) is 20.8 Å². The topological polar surface area (TPSA) is 112 Å². The summed E-state index contributed by atoms with van der Waals surface area (Å²) in [5, 5.41) is 18.2. The fourth-order valence-electron chi connectivity index (χ4n) is 3.45. The third-order valence-electron chi connectivity index (χ3n) is 5.07. The number of halogens is 2. The number of nitriles is 1. The first-order valence-corrected chi connectivity index (χ1v) is 10.8. The molecule has 1 saturated carbocycles. The van der Waals surface area contributed by atoms with E-state index in [-0.39, 0.29) is 40.9 Å². The fourth-order valence-corrected chi connectivity index (χ4v) is 3.45. The Balaban J connectivity index is 1.84. The summed E-state index contributed by atoms with van der Waals surface area (Å²) in [4.78, 5) is 20.3. The minimum atomic E-state index is -0.702. The highest BCUT2D eigenvalue weighted by molar-refractivity contribution is 5.68. The summed E-state index contributed by atoms with van der Waals surface area (Å²) in [5.41, 5.74) is -0.407. The van der Waals surface area contributed by atoms with E-state index < -0.39 is 23.3 Å². The van der Waals surface area contributed by atoms with Crippen LogP contribution in [0.15, 0.2) is 24.5 Å². The number of hydrogen-bond acceptors (Lipinski definition) is 7. The standard InChI is InChI=1S/C23H28F2N6O2/c1-5-18(29-22(32)33-23(2,3)4)19(13-6-7-13)30-21-17(25)8-14(10-26)20(31-21)28-16-9-15(24)11-27-12-16/h8-9,11-13,18-19H,5-7H2,1-4H3,(H,29,32)(H2,28,30,31)/t18-,19+/m0/s1. The van der Waals surface area contributed by atoms with E-state index in [2.05, 4.69) is 25.9 Å². The van der Waals surface area contributed by atoms with Crippen LogP contribution in [-0.4, -0.2) is 33.7 Å². The summed E-state index contributed by atoms with van der Waals surface area (Å²) >= 11 is 0. The fraction of sp³-hybridized carbons (Fsp3) is 0.478. The molecule has 0 radical (unpaired) electrons. The quantitative estimate of drug-likeness (QED) is 0.518. The molecule has 1 amide bonds. The highest BCUT2D eigenvalue weighted by Crippen LogP contribution is 2.37. The summed E-state index contributed by atoms with van der Waals surface area (Å²) in [7, 11) is 0. The monoisotopic (exact) mass is 458 g/mol. The van der Waals surface area contributed by atoms with Crippen LogP contribution >= 0.6 is 0 Å². The number of carbonyl (C=O) groups excluding carboxylic acids is 1. The van der Waals surface area contributed by atoms with Crippen LogP contribution in [0.2, 0.25) is 0 Å². The largest absolute Gasteiger partial charge is 0.444 e. The van der Waals surface area contributed by atoms with Crippen LogP contribution in [-0.2, 0) is 4.74 Å². The van der Waals surface area contributed by atoms with E-state index in [9.17, 15) is 18.8 Å². The summed E-state index contributed by atoms with van der Waals surface area (Å²) < 4.78 is 33.7.